The number of fused-ring (bicyclic) bond motifs is 3. The Kier molecular flexibility index (Phi) is 4.79. The Hall–Kier alpha value is -1.39. The van der Waals surface area contributed by atoms with Gasteiger partial charge in [-0.2, -0.15) is 0 Å². The molecule has 0 saturated carbocycles. The summed E-state index contributed by atoms with van der Waals surface area (Å²) in [4.78, 5) is 0. The molecule has 1 aliphatic heterocycles. The first-order valence-corrected chi connectivity index (χ1v) is 8.17. The molecule has 0 saturated heterocycles. The van der Waals surface area contributed by atoms with Gasteiger partial charge in [0.15, 0.2) is 0 Å². The zero-order valence-corrected chi connectivity index (χ0v) is 13.4. The van der Waals surface area contributed by atoms with E-state index in [0.29, 0.717) is 6.73 Å². The van der Waals surface area contributed by atoms with Crippen LogP contribution in [0.5, 0.6) is 0 Å². The van der Waals surface area contributed by atoms with Gasteiger partial charge in [-0.1, -0.05) is 26.2 Å². The van der Waals surface area contributed by atoms with E-state index in [1.54, 1.807) is 19.2 Å². The molecule has 3 rings (SSSR count). The lowest BCUT2D eigenvalue weighted by Gasteiger charge is -2.26. The SMILES string of the molecule is CCCCCC1OCCc2c1n(COC)c1cc(F)ccc21. The summed E-state index contributed by atoms with van der Waals surface area (Å²) in [7, 11) is 1.67. The lowest BCUT2D eigenvalue weighted by atomic mass is 9.99. The molecule has 1 unspecified atom stereocenters. The average Bonchev–Trinajstić information content (AvgIpc) is 2.82. The van der Waals surface area contributed by atoms with Gasteiger partial charge in [0, 0.05) is 12.5 Å². The van der Waals surface area contributed by atoms with Gasteiger partial charge in [0.1, 0.15) is 12.5 Å². The Labute approximate surface area is 131 Å². The molecular formula is C18H24FNO2. The molecule has 3 nitrogen and oxygen atoms in total. The minimum absolute atomic E-state index is 0.0981. The van der Waals surface area contributed by atoms with Crippen LogP contribution in [0.1, 0.15) is 50.0 Å². The highest BCUT2D eigenvalue weighted by Gasteiger charge is 2.28. The van der Waals surface area contributed by atoms with Gasteiger partial charge in [0.25, 0.3) is 0 Å². The monoisotopic (exact) mass is 305 g/mol. The average molecular weight is 305 g/mol. The molecule has 0 aliphatic carbocycles. The largest absolute Gasteiger partial charge is 0.372 e. The molecule has 0 radical (unpaired) electrons. The van der Waals surface area contributed by atoms with E-state index in [1.165, 1.54) is 24.1 Å². The Morgan fingerprint density at radius 3 is 3.00 bits per heavy atom. The van der Waals surface area contributed by atoms with Crippen LogP contribution in [0.25, 0.3) is 10.9 Å². The van der Waals surface area contributed by atoms with Gasteiger partial charge in [0.05, 0.1) is 23.9 Å². The van der Waals surface area contributed by atoms with Crippen molar-refractivity contribution < 1.29 is 13.9 Å². The smallest absolute Gasteiger partial charge is 0.125 e. The van der Waals surface area contributed by atoms with Crippen molar-refractivity contribution >= 4 is 10.9 Å². The molecule has 2 aromatic rings. The van der Waals surface area contributed by atoms with E-state index < -0.39 is 0 Å². The zero-order valence-electron chi connectivity index (χ0n) is 13.4. The number of halogens is 1. The first-order valence-electron chi connectivity index (χ1n) is 8.17. The number of ether oxygens (including phenoxy) is 2. The molecule has 1 aromatic heterocycles. The number of benzene rings is 1. The molecule has 1 aliphatic rings. The summed E-state index contributed by atoms with van der Waals surface area (Å²) in [5.74, 6) is -0.205. The number of rotatable bonds is 6. The molecule has 0 bridgehead atoms. The van der Waals surface area contributed by atoms with Crippen molar-refractivity contribution in [2.45, 2.75) is 51.9 Å². The normalized spacial score (nSPS) is 17.9. The predicted molar refractivity (Wildman–Crippen MR) is 85.4 cm³/mol. The zero-order chi connectivity index (χ0) is 15.5. The predicted octanol–water partition coefficient (Wildman–Crippen LogP) is 4.58. The van der Waals surface area contributed by atoms with E-state index in [2.05, 4.69) is 11.5 Å². The Morgan fingerprint density at radius 2 is 2.23 bits per heavy atom. The molecule has 0 amide bonds. The Balaban J connectivity index is 2.06. The van der Waals surface area contributed by atoms with Crippen molar-refractivity contribution in [3.05, 3.63) is 35.3 Å². The van der Waals surface area contributed by atoms with E-state index in [1.807, 2.05) is 6.07 Å². The van der Waals surface area contributed by atoms with Crippen LogP contribution >= 0.6 is 0 Å². The summed E-state index contributed by atoms with van der Waals surface area (Å²) < 4.78 is 27.2. The number of hydrogen-bond donors (Lipinski definition) is 0. The van der Waals surface area contributed by atoms with Gasteiger partial charge in [0.2, 0.25) is 0 Å². The van der Waals surface area contributed by atoms with Gasteiger partial charge < -0.3 is 14.0 Å². The number of hydrogen-bond acceptors (Lipinski definition) is 2. The quantitative estimate of drug-likeness (QED) is 0.729. The van der Waals surface area contributed by atoms with E-state index in [4.69, 9.17) is 9.47 Å². The fourth-order valence-electron chi connectivity index (χ4n) is 3.49. The fourth-order valence-corrected chi connectivity index (χ4v) is 3.49. The summed E-state index contributed by atoms with van der Waals surface area (Å²) in [6.45, 7) is 3.38. The molecular weight excluding hydrogens is 281 g/mol. The summed E-state index contributed by atoms with van der Waals surface area (Å²) in [5.41, 5.74) is 3.41. The lowest BCUT2D eigenvalue weighted by molar-refractivity contribution is 0.0236. The Morgan fingerprint density at radius 1 is 1.36 bits per heavy atom. The van der Waals surface area contributed by atoms with Crippen molar-refractivity contribution in [2.75, 3.05) is 13.7 Å². The third-order valence-corrected chi connectivity index (χ3v) is 4.48. The van der Waals surface area contributed by atoms with Crippen LogP contribution in [-0.4, -0.2) is 18.3 Å². The van der Waals surface area contributed by atoms with Crippen LogP contribution in [0.15, 0.2) is 18.2 Å². The van der Waals surface area contributed by atoms with Gasteiger partial charge in [-0.25, -0.2) is 4.39 Å². The van der Waals surface area contributed by atoms with Crippen molar-refractivity contribution in [2.24, 2.45) is 0 Å². The summed E-state index contributed by atoms with van der Waals surface area (Å²) in [5, 5.41) is 1.14. The van der Waals surface area contributed by atoms with Crippen LogP contribution in [0, 0.1) is 5.82 Å². The van der Waals surface area contributed by atoms with E-state index in [0.717, 1.165) is 36.8 Å². The van der Waals surface area contributed by atoms with Crippen molar-refractivity contribution in [1.82, 2.24) is 4.57 Å². The second-order valence-corrected chi connectivity index (χ2v) is 5.98. The third-order valence-electron chi connectivity index (χ3n) is 4.48. The number of unbranched alkanes of at least 4 members (excludes halogenated alkanes) is 2. The van der Waals surface area contributed by atoms with Crippen LogP contribution < -0.4 is 0 Å². The second kappa shape index (κ2) is 6.80. The topological polar surface area (TPSA) is 23.4 Å². The molecule has 1 atom stereocenters. The molecule has 0 N–H and O–H groups in total. The maximum Gasteiger partial charge on any atom is 0.125 e. The van der Waals surface area contributed by atoms with E-state index >= 15 is 0 Å². The first-order chi connectivity index (χ1) is 10.8. The summed E-state index contributed by atoms with van der Waals surface area (Å²) in [6, 6.07) is 5.04. The van der Waals surface area contributed by atoms with Gasteiger partial charge in [-0.3, -0.25) is 0 Å². The number of methoxy groups -OCH3 is 1. The number of nitrogens with zero attached hydrogens (tertiary/aromatic N) is 1. The van der Waals surface area contributed by atoms with Crippen molar-refractivity contribution in [3.8, 4) is 0 Å². The van der Waals surface area contributed by atoms with Crippen LogP contribution in [0.3, 0.4) is 0 Å². The molecule has 0 spiro atoms. The second-order valence-electron chi connectivity index (χ2n) is 5.98. The minimum Gasteiger partial charge on any atom is -0.372 e. The minimum atomic E-state index is -0.205. The molecule has 1 aromatic carbocycles. The standard InChI is InChI=1S/C18H24FNO2/c1-3-4-5-6-17-18-15(9-10-22-17)14-8-7-13(19)11-16(14)20(18)12-21-2/h7-8,11,17H,3-6,9-10,12H2,1-2H3. The molecule has 120 valence electrons. The van der Waals surface area contributed by atoms with Gasteiger partial charge >= 0.3 is 0 Å². The summed E-state index contributed by atoms with van der Waals surface area (Å²) in [6.07, 6.45) is 5.58. The van der Waals surface area contributed by atoms with Crippen LogP contribution in [-0.2, 0) is 22.6 Å². The lowest BCUT2D eigenvalue weighted by Crippen LogP contribution is -2.19. The van der Waals surface area contributed by atoms with Crippen LogP contribution in [0.2, 0.25) is 0 Å². The number of aromatic nitrogens is 1. The first kappa shape index (κ1) is 15.5. The molecule has 0 fully saturated rings. The highest BCUT2D eigenvalue weighted by molar-refractivity contribution is 5.86. The van der Waals surface area contributed by atoms with Crippen molar-refractivity contribution in [3.63, 3.8) is 0 Å². The maximum absolute atomic E-state index is 13.7. The molecule has 2 heterocycles. The van der Waals surface area contributed by atoms with Gasteiger partial charge in [-0.05, 0) is 36.6 Å². The summed E-state index contributed by atoms with van der Waals surface area (Å²) >= 11 is 0. The van der Waals surface area contributed by atoms with E-state index in [9.17, 15) is 4.39 Å². The van der Waals surface area contributed by atoms with Gasteiger partial charge in [-0.15, -0.1) is 0 Å². The fraction of sp³-hybridized carbons (Fsp3) is 0.556. The van der Waals surface area contributed by atoms with Crippen LogP contribution in [0.4, 0.5) is 4.39 Å². The molecule has 4 heteroatoms. The Bertz CT molecular complexity index is 650. The third kappa shape index (κ3) is 2.77. The van der Waals surface area contributed by atoms with E-state index in [-0.39, 0.29) is 11.9 Å². The molecule has 22 heavy (non-hydrogen) atoms. The highest BCUT2D eigenvalue weighted by atomic mass is 19.1. The highest BCUT2D eigenvalue weighted by Crippen LogP contribution is 2.38. The maximum atomic E-state index is 13.7. The van der Waals surface area contributed by atoms with Crippen molar-refractivity contribution in [1.29, 1.82) is 0 Å².